The fourth-order valence-corrected chi connectivity index (χ4v) is 3.20. The molecule has 1 amide bonds. The molecule has 4 rings (SSSR count). The summed E-state index contributed by atoms with van der Waals surface area (Å²) in [6.07, 6.45) is 6.15. The zero-order valence-electron chi connectivity index (χ0n) is 15.3. The number of amides is 1. The molecular formula is C18H20N8O. The lowest BCUT2D eigenvalue weighted by Crippen LogP contribution is -2.49. The van der Waals surface area contributed by atoms with Gasteiger partial charge in [0.25, 0.3) is 5.91 Å². The molecule has 27 heavy (non-hydrogen) atoms. The fraction of sp³-hybridized carbons (Fsp3) is 0.333. The first-order chi connectivity index (χ1) is 13.1. The third-order valence-corrected chi connectivity index (χ3v) is 4.54. The number of carbonyl (C=O) groups is 1. The van der Waals surface area contributed by atoms with Crippen molar-refractivity contribution in [2.45, 2.75) is 13.8 Å². The molecule has 0 saturated carbocycles. The number of aromatic nitrogens is 6. The average Bonchev–Trinajstić information content (AvgIpc) is 3.06. The van der Waals surface area contributed by atoms with Crippen LogP contribution < -0.4 is 4.90 Å². The van der Waals surface area contributed by atoms with Crippen LogP contribution in [-0.4, -0.2) is 66.7 Å². The van der Waals surface area contributed by atoms with E-state index in [0.717, 1.165) is 23.0 Å². The van der Waals surface area contributed by atoms with E-state index in [1.807, 2.05) is 30.7 Å². The van der Waals surface area contributed by atoms with E-state index in [4.69, 9.17) is 0 Å². The Bertz CT molecular complexity index is 947. The molecule has 1 aliphatic rings. The van der Waals surface area contributed by atoms with E-state index in [-0.39, 0.29) is 5.91 Å². The van der Waals surface area contributed by atoms with E-state index in [9.17, 15) is 4.79 Å². The third-order valence-electron chi connectivity index (χ3n) is 4.54. The number of nitrogens with zero attached hydrogens (tertiary/aromatic N) is 8. The van der Waals surface area contributed by atoms with Gasteiger partial charge in [-0.15, -0.1) is 0 Å². The van der Waals surface area contributed by atoms with Gasteiger partial charge in [0.2, 0.25) is 0 Å². The second-order valence-electron chi connectivity index (χ2n) is 6.44. The SMILES string of the molecule is Cc1cc(C)n(-c2cc(N3CCN(C(=O)c4cnccn4)CC3)ncn2)n1. The number of aryl methyl sites for hydroxylation is 2. The number of carbonyl (C=O) groups excluding carboxylic acids is 1. The summed E-state index contributed by atoms with van der Waals surface area (Å²) in [6, 6.07) is 3.94. The van der Waals surface area contributed by atoms with Crippen molar-refractivity contribution in [2.24, 2.45) is 0 Å². The molecule has 1 saturated heterocycles. The molecule has 0 bridgehead atoms. The minimum Gasteiger partial charge on any atom is -0.353 e. The van der Waals surface area contributed by atoms with Gasteiger partial charge in [-0.25, -0.2) is 19.6 Å². The summed E-state index contributed by atoms with van der Waals surface area (Å²) in [7, 11) is 0. The van der Waals surface area contributed by atoms with Crippen LogP contribution in [0, 0.1) is 13.8 Å². The van der Waals surface area contributed by atoms with E-state index in [2.05, 4.69) is 29.9 Å². The lowest BCUT2D eigenvalue weighted by molar-refractivity contribution is 0.0740. The van der Waals surface area contributed by atoms with Crippen molar-refractivity contribution in [1.82, 2.24) is 34.6 Å². The molecule has 1 aliphatic heterocycles. The van der Waals surface area contributed by atoms with Crippen LogP contribution in [0.25, 0.3) is 5.82 Å². The van der Waals surface area contributed by atoms with Gasteiger partial charge in [0.15, 0.2) is 5.82 Å². The van der Waals surface area contributed by atoms with Crippen LogP contribution in [0.1, 0.15) is 21.9 Å². The maximum atomic E-state index is 12.5. The molecule has 0 unspecified atom stereocenters. The Morgan fingerprint density at radius 2 is 1.74 bits per heavy atom. The van der Waals surface area contributed by atoms with Crippen LogP contribution in [0.3, 0.4) is 0 Å². The van der Waals surface area contributed by atoms with Gasteiger partial charge in [-0.05, 0) is 19.9 Å². The summed E-state index contributed by atoms with van der Waals surface area (Å²) in [6.45, 7) is 6.56. The van der Waals surface area contributed by atoms with E-state index < -0.39 is 0 Å². The second-order valence-corrected chi connectivity index (χ2v) is 6.44. The van der Waals surface area contributed by atoms with Crippen LogP contribution in [-0.2, 0) is 0 Å². The van der Waals surface area contributed by atoms with Crippen LogP contribution in [0.15, 0.2) is 37.1 Å². The Balaban J connectivity index is 1.46. The van der Waals surface area contributed by atoms with Crippen molar-refractivity contribution in [3.8, 4) is 5.82 Å². The molecule has 4 heterocycles. The summed E-state index contributed by atoms with van der Waals surface area (Å²) < 4.78 is 1.81. The molecule has 1 fully saturated rings. The van der Waals surface area contributed by atoms with Crippen LogP contribution >= 0.6 is 0 Å². The molecule has 138 valence electrons. The lowest BCUT2D eigenvalue weighted by Gasteiger charge is -2.35. The first-order valence-electron chi connectivity index (χ1n) is 8.78. The highest BCUT2D eigenvalue weighted by Gasteiger charge is 2.24. The number of piperazine rings is 1. The molecule has 9 heteroatoms. The van der Waals surface area contributed by atoms with Crippen molar-refractivity contribution in [1.29, 1.82) is 0 Å². The maximum Gasteiger partial charge on any atom is 0.274 e. The summed E-state index contributed by atoms with van der Waals surface area (Å²) >= 11 is 0. The molecule has 0 atom stereocenters. The molecule has 0 aliphatic carbocycles. The number of hydrogen-bond acceptors (Lipinski definition) is 7. The van der Waals surface area contributed by atoms with E-state index in [0.29, 0.717) is 31.9 Å². The summed E-state index contributed by atoms with van der Waals surface area (Å²) in [5, 5.41) is 4.48. The second kappa shape index (κ2) is 7.10. The predicted molar refractivity (Wildman–Crippen MR) is 98.8 cm³/mol. The van der Waals surface area contributed by atoms with Gasteiger partial charge in [0, 0.05) is 50.3 Å². The van der Waals surface area contributed by atoms with Crippen molar-refractivity contribution < 1.29 is 4.79 Å². The van der Waals surface area contributed by atoms with Gasteiger partial charge in [-0.2, -0.15) is 5.10 Å². The normalized spacial score (nSPS) is 14.4. The molecule has 0 spiro atoms. The zero-order chi connectivity index (χ0) is 18.8. The van der Waals surface area contributed by atoms with Crippen LogP contribution in [0.5, 0.6) is 0 Å². The summed E-state index contributed by atoms with van der Waals surface area (Å²) in [5.74, 6) is 1.48. The Kier molecular flexibility index (Phi) is 4.49. The molecule has 9 nitrogen and oxygen atoms in total. The fourth-order valence-electron chi connectivity index (χ4n) is 3.20. The largest absolute Gasteiger partial charge is 0.353 e. The monoisotopic (exact) mass is 364 g/mol. The number of hydrogen-bond donors (Lipinski definition) is 0. The van der Waals surface area contributed by atoms with Crippen molar-refractivity contribution in [3.05, 3.63) is 54.1 Å². The summed E-state index contributed by atoms with van der Waals surface area (Å²) in [4.78, 5) is 33.2. The smallest absolute Gasteiger partial charge is 0.274 e. The zero-order valence-corrected chi connectivity index (χ0v) is 15.3. The van der Waals surface area contributed by atoms with Gasteiger partial charge in [-0.1, -0.05) is 0 Å². The molecule has 0 aromatic carbocycles. The first-order valence-corrected chi connectivity index (χ1v) is 8.78. The Morgan fingerprint density at radius 3 is 2.41 bits per heavy atom. The highest BCUT2D eigenvalue weighted by atomic mass is 16.2. The molecular weight excluding hydrogens is 344 g/mol. The third kappa shape index (κ3) is 3.48. The highest BCUT2D eigenvalue weighted by Crippen LogP contribution is 2.18. The van der Waals surface area contributed by atoms with E-state index >= 15 is 0 Å². The number of rotatable bonds is 3. The maximum absolute atomic E-state index is 12.5. The predicted octanol–water partition coefficient (Wildman–Crippen LogP) is 1.03. The minimum atomic E-state index is -0.0891. The standard InChI is InChI=1S/C18H20N8O/c1-13-9-14(2)26(23-13)17-10-16(21-12-22-17)24-5-7-25(8-6-24)18(27)15-11-19-3-4-20-15/h3-4,9-12H,5-8H2,1-2H3. The lowest BCUT2D eigenvalue weighted by atomic mass is 10.2. The van der Waals surface area contributed by atoms with Crippen LogP contribution in [0.4, 0.5) is 5.82 Å². The van der Waals surface area contributed by atoms with Crippen molar-refractivity contribution >= 4 is 11.7 Å². The quantitative estimate of drug-likeness (QED) is 0.685. The van der Waals surface area contributed by atoms with Crippen molar-refractivity contribution in [3.63, 3.8) is 0 Å². The first kappa shape index (κ1) is 17.1. The van der Waals surface area contributed by atoms with Gasteiger partial charge >= 0.3 is 0 Å². The van der Waals surface area contributed by atoms with Crippen molar-refractivity contribution in [2.75, 3.05) is 31.1 Å². The average molecular weight is 364 g/mol. The topological polar surface area (TPSA) is 92.9 Å². The Hall–Kier alpha value is -3.36. The molecule has 3 aromatic rings. The minimum absolute atomic E-state index is 0.0891. The van der Waals surface area contributed by atoms with Gasteiger partial charge in [0.1, 0.15) is 17.8 Å². The molecule has 0 radical (unpaired) electrons. The van der Waals surface area contributed by atoms with E-state index in [1.165, 1.54) is 12.4 Å². The number of anilines is 1. The summed E-state index contributed by atoms with van der Waals surface area (Å²) in [5.41, 5.74) is 2.35. The molecule has 0 N–H and O–H groups in total. The Labute approximate surface area is 156 Å². The van der Waals surface area contributed by atoms with E-state index in [1.54, 1.807) is 17.4 Å². The van der Waals surface area contributed by atoms with Gasteiger partial charge in [-0.3, -0.25) is 9.78 Å². The Morgan fingerprint density at radius 1 is 0.963 bits per heavy atom. The van der Waals surface area contributed by atoms with Gasteiger partial charge < -0.3 is 9.80 Å². The highest BCUT2D eigenvalue weighted by molar-refractivity contribution is 5.92. The van der Waals surface area contributed by atoms with Gasteiger partial charge in [0.05, 0.1) is 11.9 Å². The van der Waals surface area contributed by atoms with Crippen LogP contribution in [0.2, 0.25) is 0 Å². The molecule has 3 aromatic heterocycles.